The van der Waals surface area contributed by atoms with Gasteiger partial charge in [-0.05, 0) is 41.5 Å². The largest absolute Gasteiger partial charge is 0.493 e. The van der Waals surface area contributed by atoms with Crippen LogP contribution in [0, 0.1) is 0 Å². The summed E-state index contributed by atoms with van der Waals surface area (Å²) in [5.74, 6) is 1.14. The summed E-state index contributed by atoms with van der Waals surface area (Å²) >= 11 is 9.97. The van der Waals surface area contributed by atoms with Gasteiger partial charge in [-0.25, -0.2) is 0 Å². The SMILES string of the molecule is C=CCN1C(=O)C(=Cc2ccc(OCc3ccc(Br)cc3)c(OC)c2)SC1=S. The molecule has 0 bridgehead atoms. The van der Waals surface area contributed by atoms with Crippen molar-refractivity contribution in [2.75, 3.05) is 13.7 Å². The minimum absolute atomic E-state index is 0.107. The van der Waals surface area contributed by atoms with Gasteiger partial charge >= 0.3 is 0 Å². The van der Waals surface area contributed by atoms with Crippen molar-refractivity contribution < 1.29 is 14.3 Å². The molecule has 7 heteroatoms. The molecule has 28 heavy (non-hydrogen) atoms. The summed E-state index contributed by atoms with van der Waals surface area (Å²) < 4.78 is 12.9. The van der Waals surface area contributed by atoms with Gasteiger partial charge in [0.15, 0.2) is 11.5 Å². The number of rotatable bonds is 7. The van der Waals surface area contributed by atoms with Crippen LogP contribution >= 0.6 is 39.9 Å². The molecule has 0 saturated carbocycles. The Morgan fingerprint density at radius 3 is 2.64 bits per heavy atom. The van der Waals surface area contributed by atoms with Gasteiger partial charge in [0.25, 0.3) is 5.91 Å². The second kappa shape index (κ2) is 9.41. The molecule has 0 spiro atoms. The maximum atomic E-state index is 12.5. The number of hydrogen-bond donors (Lipinski definition) is 0. The molecule has 1 amide bonds. The first-order chi connectivity index (χ1) is 13.5. The fraction of sp³-hybridized carbons (Fsp3) is 0.143. The van der Waals surface area contributed by atoms with Crippen molar-refractivity contribution in [3.63, 3.8) is 0 Å². The summed E-state index contributed by atoms with van der Waals surface area (Å²) in [6, 6.07) is 13.5. The van der Waals surface area contributed by atoms with E-state index < -0.39 is 0 Å². The van der Waals surface area contributed by atoms with Gasteiger partial charge in [0.05, 0.1) is 12.0 Å². The number of hydrogen-bond acceptors (Lipinski definition) is 5. The Balaban J connectivity index is 1.76. The number of carbonyl (C=O) groups is 1. The van der Waals surface area contributed by atoms with Crippen LogP contribution in [0.15, 0.2) is 64.5 Å². The average molecular weight is 476 g/mol. The van der Waals surface area contributed by atoms with Crippen LogP contribution in [0.25, 0.3) is 6.08 Å². The number of methoxy groups -OCH3 is 1. The monoisotopic (exact) mass is 475 g/mol. The maximum absolute atomic E-state index is 12.5. The van der Waals surface area contributed by atoms with Crippen molar-refractivity contribution >= 4 is 56.2 Å². The van der Waals surface area contributed by atoms with E-state index in [0.717, 1.165) is 15.6 Å². The molecule has 1 fully saturated rings. The second-order valence-electron chi connectivity index (χ2n) is 5.91. The summed E-state index contributed by atoms with van der Waals surface area (Å²) in [4.78, 5) is 14.6. The fourth-order valence-electron chi connectivity index (χ4n) is 2.57. The van der Waals surface area contributed by atoms with Crippen LogP contribution in [0.5, 0.6) is 11.5 Å². The van der Waals surface area contributed by atoms with Crippen molar-refractivity contribution in [3.8, 4) is 11.5 Å². The zero-order valence-corrected chi connectivity index (χ0v) is 18.4. The van der Waals surface area contributed by atoms with Crippen LogP contribution in [0.4, 0.5) is 0 Å². The van der Waals surface area contributed by atoms with Gasteiger partial charge in [0.2, 0.25) is 0 Å². The molecule has 2 aromatic carbocycles. The highest BCUT2D eigenvalue weighted by Gasteiger charge is 2.30. The molecule has 144 valence electrons. The molecule has 0 aromatic heterocycles. The third-order valence-corrected chi connectivity index (χ3v) is 5.88. The Morgan fingerprint density at radius 2 is 1.96 bits per heavy atom. The first-order valence-corrected chi connectivity index (χ1v) is 10.4. The third kappa shape index (κ3) is 4.84. The third-order valence-electron chi connectivity index (χ3n) is 3.98. The van der Waals surface area contributed by atoms with Crippen molar-refractivity contribution in [1.82, 2.24) is 4.90 Å². The van der Waals surface area contributed by atoms with Crippen LogP contribution in [-0.2, 0) is 11.4 Å². The molecular formula is C21H18BrNO3S2. The van der Waals surface area contributed by atoms with Crippen LogP contribution < -0.4 is 9.47 Å². The van der Waals surface area contributed by atoms with Gasteiger partial charge in [0, 0.05) is 11.0 Å². The zero-order valence-electron chi connectivity index (χ0n) is 15.2. The van der Waals surface area contributed by atoms with E-state index in [4.69, 9.17) is 21.7 Å². The molecule has 1 aliphatic heterocycles. The van der Waals surface area contributed by atoms with Crippen molar-refractivity contribution in [1.29, 1.82) is 0 Å². The summed E-state index contributed by atoms with van der Waals surface area (Å²) in [6.07, 6.45) is 3.47. The highest BCUT2D eigenvalue weighted by molar-refractivity contribution is 9.10. The lowest BCUT2D eigenvalue weighted by atomic mass is 10.1. The number of carbonyl (C=O) groups excluding carboxylic acids is 1. The second-order valence-corrected chi connectivity index (χ2v) is 8.50. The average Bonchev–Trinajstić information content (AvgIpc) is 2.96. The van der Waals surface area contributed by atoms with Gasteiger partial charge in [-0.15, -0.1) is 6.58 Å². The van der Waals surface area contributed by atoms with Crippen molar-refractivity contribution in [2.45, 2.75) is 6.61 Å². The molecule has 1 saturated heterocycles. The van der Waals surface area contributed by atoms with Crippen LogP contribution in [-0.4, -0.2) is 28.8 Å². The molecule has 2 aromatic rings. The van der Waals surface area contributed by atoms with E-state index in [9.17, 15) is 4.79 Å². The number of thiocarbonyl (C=S) groups is 1. The van der Waals surface area contributed by atoms with Gasteiger partial charge in [0.1, 0.15) is 10.9 Å². The summed E-state index contributed by atoms with van der Waals surface area (Å²) in [6.45, 7) is 4.51. The van der Waals surface area contributed by atoms with Gasteiger partial charge < -0.3 is 9.47 Å². The predicted molar refractivity (Wildman–Crippen MR) is 122 cm³/mol. The predicted octanol–water partition coefficient (Wildman–Crippen LogP) is 5.42. The number of halogens is 1. The van der Waals surface area contributed by atoms with E-state index in [1.165, 1.54) is 16.7 Å². The first kappa shape index (κ1) is 20.6. The van der Waals surface area contributed by atoms with Crippen LogP contribution in [0.3, 0.4) is 0 Å². The lowest BCUT2D eigenvalue weighted by Crippen LogP contribution is -2.27. The molecule has 0 radical (unpaired) electrons. The van der Waals surface area contributed by atoms with E-state index in [2.05, 4.69) is 22.5 Å². The van der Waals surface area contributed by atoms with Crippen LogP contribution in [0.2, 0.25) is 0 Å². The van der Waals surface area contributed by atoms with E-state index in [1.807, 2.05) is 48.5 Å². The standard InChI is InChI=1S/C21H18BrNO3S2/c1-3-10-23-20(24)19(28-21(23)27)12-15-6-9-17(18(11-15)25-2)26-13-14-4-7-16(22)8-5-14/h3-9,11-12H,1,10,13H2,2H3. The molecule has 1 heterocycles. The normalized spacial score (nSPS) is 15.2. The Labute approximate surface area is 182 Å². The molecule has 1 aliphatic rings. The highest BCUT2D eigenvalue weighted by atomic mass is 79.9. The van der Waals surface area contributed by atoms with Gasteiger partial charge in [-0.2, -0.15) is 0 Å². The maximum Gasteiger partial charge on any atom is 0.266 e. The molecule has 0 atom stereocenters. The number of nitrogens with zero attached hydrogens (tertiary/aromatic N) is 1. The van der Waals surface area contributed by atoms with E-state index >= 15 is 0 Å². The fourth-order valence-corrected chi connectivity index (χ4v) is 4.11. The summed E-state index contributed by atoms with van der Waals surface area (Å²) in [7, 11) is 1.59. The molecule has 0 unspecified atom stereocenters. The first-order valence-electron chi connectivity index (χ1n) is 8.43. The summed E-state index contributed by atoms with van der Waals surface area (Å²) in [5, 5.41) is 0. The topological polar surface area (TPSA) is 38.8 Å². The molecule has 0 aliphatic carbocycles. The van der Waals surface area contributed by atoms with E-state index in [0.29, 0.717) is 33.9 Å². The van der Waals surface area contributed by atoms with E-state index in [1.54, 1.807) is 13.2 Å². The molecule has 3 rings (SSSR count). The minimum atomic E-state index is -0.107. The number of thioether (sulfide) groups is 1. The quantitative estimate of drug-likeness (QED) is 0.303. The minimum Gasteiger partial charge on any atom is -0.493 e. The number of amides is 1. The van der Waals surface area contributed by atoms with Crippen LogP contribution in [0.1, 0.15) is 11.1 Å². The Kier molecular flexibility index (Phi) is 6.93. The highest BCUT2D eigenvalue weighted by Crippen LogP contribution is 2.35. The zero-order chi connectivity index (χ0) is 20.1. The Hall–Kier alpha value is -2.09. The van der Waals surface area contributed by atoms with Gasteiger partial charge in [-0.3, -0.25) is 9.69 Å². The van der Waals surface area contributed by atoms with E-state index in [-0.39, 0.29) is 5.91 Å². The summed E-state index contributed by atoms with van der Waals surface area (Å²) in [5.41, 5.74) is 1.90. The molecule has 0 N–H and O–H groups in total. The smallest absolute Gasteiger partial charge is 0.266 e. The van der Waals surface area contributed by atoms with Crippen molar-refractivity contribution in [2.24, 2.45) is 0 Å². The molecular weight excluding hydrogens is 458 g/mol. The Bertz CT molecular complexity index is 941. The lowest BCUT2D eigenvalue weighted by Gasteiger charge is -2.12. The van der Waals surface area contributed by atoms with Crippen molar-refractivity contribution in [3.05, 3.63) is 75.6 Å². The van der Waals surface area contributed by atoms with Gasteiger partial charge in [-0.1, -0.05) is 64.2 Å². The lowest BCUT2D eigenvalue weighted by molar-refractivity contribution is -0.121. The molecule has 4 nitrogen and oxygen atoms in total. The number of benzene rings is 2. The Morgan fingerprint density at radius 1 is 1.21 bits per heavy atom. The number of ether oxygens (including phenoxy) is 2.